The first kappa shape index (κ1) is 25.0. The number of ether oxygens (including phenoxy) is 1. The number of rotatable bonds is 5. The molecule has 2 aromatic carbocycles. The van der Waals surface area contributed by atoms with Crippen LogP contribution < -0.4 is 14.7 Å². The Bertz CT molecular complexity index is 1040. The zero-order valence-electron chi connectivity index (χ0n) is 18.4. The molecule has 0 aromatic heterocycles. The molecule has 2 aromatic rings. The molecule has 1 saturated heterocycles. The number of guanidine groups is 1. The van der Waals surface area contributed by atoms with Crippen LogP contribution in [0.2, 0.25) is 0 Å². The van der Waals surface area contributed by atoms with E-state index in [1.807, 2.05) is 17.9 Å². The molecular weight excluding hydrogens is 434 g/mol. The molecular formula is C22H29N3O6S. The lowest BCUT2D eigenvalue weighted by molar-refractivity contribution is -0.134. The van der Waals surface area contributed by atoms with Gasteiger partial charge in [0.25, 0.3) is 5.97 Å². The molecule has 10 heteroatoms. The van der Waals surface area contributed by atoms with Crippen molar-refractivity contribution in [2.45, 2.75) is 37.5 Å². The third-order valence-corrected chi connectivity index (χ3v) is 6.19. The summed E-state index contributed by atoms with van der Waals surface area (Å²) in [5.41, 5.74) is 7.39. The zero-order chi connectivity index (χ0) is 23.9. The van der Waals surface area contributed by atoms with E-state index in [4.69, 9.17) is 30.0 Å². The van der Waals surface area contributed by atoms with Gasteiger partial charge in [0.05, 0.1) is 7.11 Å². The standard InChI is InChI=1S/C20H25N3O4S.C2H4O2/c1-14-12-17(15-8-10-23(11-9-15)20(21)22)19(26-2)18(13-14)27-28(24,25)16-6-4-3-5-7-16;1-2(3)4/h3-7,12-13,15H,8-11H2,1-2H3,(H3,21,22);1H3,(H,3,4). The van der Waals surface area contributed by atoms with Crippen LogP contribution in [0.3, 0.4) is 0 Å². The predicted octanol–water partition coefficient (Wildman–Crippen LogP) is 2.94. The molecule has 0 amide bonds. The summed E-state index contributed by atoms with van der Waals surface area (Å²) in [6, 6.07) is 11.7. The van der Waals surface area contributed by atoms with E-state index in [-0.39, 0.29) is 22.5 Å². The highest BCUT2D eigenvalue weighted by molar-refractivity contribution is 7.87. The van der Waals surface area contributed by atoms with E-state index in [0.29, 0.717) is 18.8 Å². The number of benzene rings is 2. The highest BCUT2D eigenvalue weighted by Crippen LogP contribution is 2.41. The Morgan fingerprint density at radius 1 is 1.19 bits per heavy atom. The highest BCUT2D eigenvalue weighted by Gasteiger charge is 2.27. The average Bonchev–Trinajstić information content (AvgIpc) is 2.73. The molecule has 0 saturated carbocycles. The van der Waals surface area contributed by atoms with Gasteiger partial charge in [-0.1, -0.05) is 24.3 Å². The Kier molecular flexibility index (Phi) is 8.48. The molecule has 1 aliphatic heterocycles. The molecule has 4 N–H and O–H groups in total. The number of nitrogens with two attached hydrogens (primary N) is 1. The number of nitrogens with one attached hydrogen (secondary N) is 1. The quantitative estimate of drug-likeness (QED) is 0.349. The fourth-order valence-electron chi connectivity index (χ4n) is 3.54. The Balaban J connectivity index is 0.000000837. The van der Waals surface area contributed by atoms with Gasteiger partial charge in [-0.2, -0.15) is 8.42 Å². The van der Waals surface area contributed by atoms with E-state index in [2.05, 4.69) is 0 Å². The molecule has 0 aliphatic carbocycles. The number of aliphatic carboxylic acids is 1. The van der Waals surface area contributed by atoms with E-state index in [9.17, 15) is 8.42 Å². The van der Waals surface area contributed by atoms with E-state index < -0.39 is 16.1 Å². The normalized spacial score (nSPS) is 14.2. The van der Waals surface area contributed by atoms with Crippen molar-refractivity contribution < 1.29 is 27.2 Å². The number of nitrogens with zero attached hydrogens (tertiary/aromatic N) is 1. The molecule has 1 fully saturated rings. The van der Waals surface area contributed by atoms with Crippen LogP contribution in [-0.4, -0.2) is 50.6 Å². The smallest absolute Gasteiger partial charge is 0.339 e. The van der Waals surface area contributed by atoms with E-state index >= 15 is 0 Å². The third kappa shape index (κ3) is 6.61. The average molecular weight is 464 g/mol. The first-order chi connectivity index (χ1) is 15.0. The minimum absolute atomic E-state index is 0.0765. The van der Waals surface area contributed by atoms with Crippen LogP contribution in [-0.2, 0) is 14.9 Å². The second kappa shape index (κ2) is 10.9. The van der Waals surface area contributed by atoms with Crippen LogP contribution in [0, 0.1) is 12.3 Å². The Hall–Kier alpha value is -3.27. The van der Waals surface area contributed by atoms with Gasteiger partial charge in [0, 0.05) is 25.6 Å². The molecule has 3 rings (SSSR count). The van der Waals surface area contributed by atoms with Gasteiger partial charge in [0.2, 0.25) is 0 Å². The van der Waals surface area contributed by atoms with Gasteiger partial charge in [-0.3, -0.25) is 10.2 Å². The number of hydrogen-bond donors (Lipinski definition) is 3. The van der Waals surface area contributed by atoms with Crippen LogP contribution in [0.25, 0.3) is 0 Å². The van der Waals surface area contributed by atoms with E-state index in [1.54, 1.807) is 24.3 Å². The van der Waals surface area contributed by atoms with Gasteiger partial charge in [-0.15, -0.1) is 0 Å². The Morgan fingerprint density at radius 2 is 1.75 bits per heavy atom. The first-order valence-corrected chi connectivity index (χ1v) is 11.4. The van der Waals surface area contributed by atoms with Crippen molar-refractivity contribution in [3.8, 4) is 11.5 Å². The first-order valence-electron chi connectivity index (χ1n) is 10.0. The van der Waals surface area contributed by atoms with Crippen molar-refractivity contribution >= 4 is 22.0 Å². The van der Waals surface area contributed by atoms with Gasteiger partial charge >= 0.3 is 10.1 Å². The second-order valence-electron chi connectivity index (χ2n) is 7.40. The number of hydrogen-bond acceptors (Lipinski definition) is 6. The Morgan fingerprint density at radius 3 is 2.25 bits per heavy atom. The number of carbonyl (C=O) groups is 1. The van der Waals surface area contributed by atoms with Crippen molar-refractivity contribution in [1.82, 2.24) is 4.90 Å². The topological polar surface area (TPSA) is 143 Å². The molecule has 174 valence electrons. The summed E-state index contributed by atoms with van der Waals surface area (Å²) in [5, 5.41) is 15.0. The third-order valence-electron chi connectivity index (χ3n) is 4.94. The van der Waals surface area contributed by atoms with Gasteiger partial charge in [-0.25, -0.2) is 0 Å². The molecule has 0 radical (unpaired) electrons. The molecule has 0 unspecified atom stereocenters. The van der Waals surface area contributed by atoms with Crippen molar-refractivity contribution in [2.24, 2.45) is 5.73 Å². The van der Waals surface area contributed by atoms with Crippen molar-refractivity contribution in [2.75, 3.05) is 20.2 Å². The molecule has 9 nitrogen and oxygen atoms in total. The number of aryl methyl sites for hydroxylation is 1. The van der Waals surface area contributed by atoms with Crippen LogP contribution in [0.5, 0.6) is 11.5 Å². The molecule has 1 heterocycles. The summed E-state index contributed by atoms with van der Waals surface area (Å²) in [7, 11) is -2.45. The van der Waals surface area contributed by atoms with E-state index in [0.717, 1.165) is 30.9 Å². The summed E-state index contributed by atoms with van der Waals surface area (Å²) in [6.07, 6.45) is 1.59. The SMILES string of the molecule is CC(=O)O.COc1c(OS(=O)(=O)c2ccccc2)cc(C)cc1C1CCN(C(=N)N)CC1. The number of likely N-dealkylation sites (tertiary alicyclic amines) is 1. The minimum Gasteiger partial charge on any atom is -0.492 e. The van der Waals surface area contributed by atoms with Gasteiger partial charge in [0.15, 0.2) is 17.5 Å². The van der Waals surface area contributed by atoms with Gasteiger partial charge in [0.1, 0.15) is 4.90 Å². The molecule has 0 atom stereocenters. The molecule has 1 aliphatic rings. The van der Waals surface area contributed by atoms with Crippen molar-refractivity contribution in [3.63, 3.8) is 0 Å². The molecule has 0 bridgehead atoms. The summed E-state index contributed by atoms with van der Waals surface area (Å²) >= 11 is 0. The maximum absolute atomic E-state index is 12.7. The molecule has 32 heavy (non-hydrogen) atoms. The highest BCUT2D eigenvalue weighted by atomic mass is 32.2. The lowest BCUT2D eigenvalue weighted by atomic mass is 9.88. The van der Waals surface area contributed by atoms with E-state index in [1.165, 1.54) is 19.2 Å². The maximum atomic E-state index is 12.7. The fraction of sp³-hybridized carbons (Fsp3) is 0.364. The maximum Gasteiger partial charge on any atom is 0.339 e. The van der Waals surface area contributed by atoms with Crippen molar-refractivity contribution in [1.29, 1.82) is 5.41 Å². The number of methoxy groups -OCH3 is 1. The number of carboxylic acids is 1. The van der Waals surface area contributed by atoms with Crippen LogP contribution in [0.15, 0.2) is 47.4 Å². The summed E-state index contributed by atoms with van der Waals surface area (Å²) in [4.78, 5) is 10.9. The molecule has 0 spiro atoms. The number of piperidine rings is 1. The number of carboxylic acid groups (broad SMARTS) is 1. The summed E-state index contributed by atoms with van der Waals surface area (Å²) in [6.45, 7) is 4.33. The summed E-state index contributed by atoms with van der Waals surface area (Å²) < 4.78 is 36.4. The van der Waals surface area contributed by atoms with Crippen LogP contribution in [0.1, 0.15) is 36.8 Å². The van der Waals surface area contributed by atoms with Gasteiger partial charge < -0.3 is 24.7 Å². The minimum atomic E-state index is -3.96. The fourth-order valence-corrected chi connectivity index (χ4v) is 4.48. The zero-order valence-corrected chi connectivity index (χ0v) is 19.2. The second-order valence-corrected chi connectivity index (χ2v) is 8.95. The van der Waals surface area contributed by atoms with Crippen LogP contribution >= 0.6 is 0 Å². The van der Waals surface area contributed by atoms with Crippen molar-refractivity contribution in [3.05, 3.63) is 53.6 Å². The monoisotopic (exact) mass is 463 g/mol. The lowest BCUT2D eigenvalue weighted by Gasteiger charge is -2.33. The van der Waals surface area contributed by atoms with Gasteiger partial charge in [-0.05, 0) is 49.4 Å². The largest absolute Gasteiger partial charge is 0.492 e. The predicted molar refractivity (Wildman–Crippen MR) is 121 cm³/mol. The van der Waals surface area contributed by atoms with Crippen LogP contribution in [0.4, 0.5) is 0 Å². The Labute approximate surface area is 188 Å². The summed E-state index contributed by atoms with van der Waals surface area (Å²) in [5.74, 6) is 0.0431. The lowest BCUT2D eigenvalue weighted by Crippen LogP contribution is -2.41.